The van der Waals surface area contributed by atoms with E-state index in [1.807, 2.05) is 0 Å². The van der Waals surface area contributed by atoms with Gasteiger partial charge in [0.25, 0.3) is 0 Å². The summed E-state index contributed by atoms with van der Waals surface area (Å²) in [6.45, 7) is 1.29. The number of carbonyl (C=O) groups is 1. The molecule has 0 radical (unpaired) electrons. The molecule has 0 aliphatic rings. The maximum absolute atomic E-state index is 12.8. The predicted octanol–water partition coefficient (Wildman–Crippen LogP) is 4.09. The van der Waals surface area contributed by atoms with Crippen LogP contribution < -0.4 is 5.43 Å². The van der Waals surface area contributed by atoms with Gasteiger partial charge >= 0.3 is 6.18 Å². The van der Waals surface area contributed by atoms with Gasteiger partial charge in [-0.3, -0.25) is 4.79 Å². The van der Waals surface area contributed by atoms with Gasteiger partial charge in [-0.05, 0) is 30.3 Å². The smallest absolute Gasteiger partial charge is 0.417 e. The first-order valence-electron chi connectivity index (χ1n) is 6.04. The molecule has 0 bridgehead atoms. The van der Waals surface area contributed by atoms with Crippen LogP contribution in [-0.2, 0) is 11.0 Å². The molecule has 4 nitrogen and oxygen atoms in total. The average molecular weight is 331 g/mol. The van der Waals surface area contributed by atoms with E-state index in [2.05, 4.69) is 10.5 Å². The molecule has 0 unspecified atom stereocenters. The lowest BCUT2D eigenvalue weighted by atomic mass is 10.1. The van der Waals surface area contributed by atoms with E-state index in [9.17, 15) is 18.0 Å². The molecule has 2 aromatic rings. The molecule has 0 aliphatic heterocycles. The summed E-state index contributed by atoms with van der Waals surface area (Å²) in [4.78, 5) is 10.6. The van der Waals surface area contributed by atoms with Crippen molar-refractivity contribution in [3.63, 3.8) is 0 Å². The Morgan fingerprint density at radius 1 is 1.32 bits per heavy atom. The second-order valence-corrected chi connectivity index (χ2v) is 4.73. The third-order valence-corrected chi connectivity index (χ3v) is 2.93. The zero-order chi connectivity index (χ0) is 16.3. The molecular formula is C14H10ClF3N2O2. The van der Waals surface area contributed by atoms with Gasteiger partial charge in [0.15, 0.2) is 0 Å². The summed E-state index contributed by atoms with van der Waals surface area (Å²) >= 11 is 5.56. The Bertz CT molecular complexity index is 723. The van der Waals surface area contributed by atoms with Crippen LogP contribution in [0.15, 0.2) is 39.9 Å². The summed E-state index contributed by atoms with van der Waals surface area (Å²) in [5.41, 5.74) is 1.48. The van der Waals surface area contributed by atoms with Crippen LogP contribution in [0, 0.1) is 0 Å². The lowest BCUT2D eigenvalue weighted by Crippen LogP contribution is -2.12. The maximum Gasteiger partial charge on any atom is 0.417 e. The van der Waals surface area contributed by atoms with Gasteiger partial charge < -0.3 is 4.42 Å². The number of halogens is 4. The number of nitrogens with one attached hydrogen (secondary N) is 1. The van der Waals surface area contributed by atoms with Crippen molar-refractivity contribution < 1.29 is 22.4 Å². The molecule has 2 rings (SSSR count). The van der Waals surface area contributed by atoms with E-state index in [0.717, 1.165) is 12.1 Å². The minimum Gasteiger partial charge on any atom is -0.455 e. The first kappa shape index (κ1) is 16.1. The molecule has 22 heavy (non-hydrogen) atoms. The normalized spacial score (nSPS) is 11.9. The highest BCUT2D eigenvalue weighted by atomic mass is 35.5. The second kappa shape index (κ2) is 6.23. The van der Waals surface area contributed by atoms with E-state index < -0.39 is 11.7 Å². The Morgan fingerprint density at radius 3 is 2.68 bits per heavy atom. The van der Waals surface area contributed by atoms with E-state index in [1.165, 1.54) is 31.3 Å². The largest absolute Gasteiger partial charge is 0.455 e. The van der Waals surface area contributed by atoms with Gasteiger partial charge in [-0.2, -0.15) is 18.3 Å². The molecule has 8 heteroatoms. The van der Waals surface area contributed by atoms with Gasteiger partial charge in [0, 0.05) is 12.5 Å². The fourth-order valence-corrected chi connectivity index (χ4v) is 1.88. The van der Waals surface area contributed by atoms with E-state index in [4.69, 9.17) is 16.0 Å². The van der Waals surface area contributed by atoms with E-state index in [-0.39, 0.29) is 28.0 Å². The molecule has 0 fully saturated rings. The monoisotopic (exact) mass is 330 g/mol. The van der Waals surface area contributed by atoms with E-state index in [1.54, 1.807) is 0 Å². The summed E-state index contributed by atoms with van der Waals surface area (Å²) in [5.74, 6) is 0.161. The number of hydrogen-bond acceptors (Lipinski definition) is 3. The molecular weight excluding hydrogens is 321 g/mol. The molecule has 0 saturated carbocycles. The highest BCUT2D eigenvalue weighted by Gasteiger charge is 2.33. The van der Waals surface area contributed by atoms with Crippen molar-refractivity contribution in [3.05, 3.63) is 46.7 Å². The van der Waals surface area contributed by atoms with E-state index in [0.29, 0.717) is 0 Å². The van der Waals surface area contributed by atoms with Crippen molar-refractivity contribution in [2.24, 2.45) is 5.10 Å². The molecule has 1 amide bonds. The zero-order valence-corrected chi connectivity index (χ0v) is 12.0. The summed E-state index contributed by atoms with van der Waals surface area (Å²) in [5, 5.41) is 3.22. The highest BCUT2D eigenvalue weighted by molar-refractivity contribution is 6.31. The average Bonchev–Trinajstić information content (AvgIpc) is 2.86. The molecule has 0 saturated heterocycles. The standard InChI is InChI=1S/C14H10ClF3N2O2/c1-8(21)20-19-7-10-3-5-13(22-10)9-2-4-12(15)11(6-9)14(16,17)18/h2-7H,1H3,(H,20,21)/b19-7-. The second-order valence-electron chi connectivity index (χ2n) is 4.32. The van der Waals surface area contributed by atoms with Gasteiger partial charge in [-0.1, -0.05) is 11.6 Å². The summed E-state index contributed by atoms with van der Waals surface area (Å²) in [6.07, 6.45) is -3.30. The summed E-state index contributed by atoms with van der Waals surface area (Å²) < 4.78 is 43.8. The molecule has 1 N–H and O–H groups in total. The minimum absolute atomic E-state index is 0.228. The number of rotatable bonds is 3. The Morgan fingerprint density at radius 2 is 2.05 bits per heavy atom. The molecule has 1 heterocycles. The van der Waals surface area contributed by atoms with Gasteiger partial charge in [0.05, 0.1) is 16.8 Å². The lowest BCUT2D eigenvalue weighted by Gasteiger charge is -2.09. The molecule has 0 aliphatic carbocycles. The van der Waals surface area contributed by atoms with Crippen LogP contribution in [0.3, 0.4) is 0 Å². The first-order valence-corrected chi connectivity index (χ1v) is 6.42. The number of benzene rings is 1. The Balaban J connectivity index is 2.28. The highest BCUT2D eigenvalue weighted by Crippen LogP contribution is 2.37. The molecule has 1 aromatic heterocycles. The van der Waals surface area contributed by atoms with Crippen LogP contribution in [0.5, 0.6) is 0 Å². The number of hydrogen-bond donors (Lipinski definition) is 1. The van der Waals surface area contributed by atoms with Crippen LogP contribution in [0.25, 0.3) is 11.3 Å². The van der Waals surface area contributed by atoms with Crippen molar-refractivity contribution >= 4 is 23.7 Å². The minimum atomic E-state index is -4.55. The van der Waals surface area contributed by atoms with Crippen molar-refractivity contribution in [1.82, 2.24) is 5.43 Å². The maximum atomic E-state index is 12.8. The SMILES string of the molecule is CC(=O)N/N=C\c1ccc(-c2ccc(Cl)c(C(F)(F)F)c2)o1. The molecule has 1 aromatic carbocycles. The van der Waals surface area contributed by atoms with Crippen LogP contribution in [-0.4, -0.2) is 12.1 Å². The lowest BCUT2D eigenvalue weighted by molar-refractivity contribution is -0.137. The topological polar surface area (TPSA) is 54.6 Å². The Hall–Kier alpha value is -2.28. The van der Waals surface area contributed by atoms with Crippen LogP contribution in [0.4, 0.5) is 13.2 Å². The Kier molecular flexibility index (Phi) is 4.56. The third kappa shape index (κ3) is 3.88. The number of carbonyl (C=O) groups excluding carboxylic acids is 1. The number of alkyl halides is 3. The van der Waals surface area contributed by atoms with Crippen molar-refractivity contribution in [2.45, 2.75) is 13.1 Å². The quantitative estimate of drug-likeness (QED) is 0.680. The van der Waals surface area contributed by atoms with Gasteiger partial charge in [-0.15, -0.1) is 0 Å². The third-order valence-electron chi connectivity index (χ3n) is 2.60. The van der Waals surface area contributed by atoms with Crippen LogP contribution in [0.2, 0.25) is 5.02 Å². The zero-order valence-electron chi connectivity index (χ0n) is 11.2. The van der Waals surface area contributed by atoms with Crippen molar-refractivity contribution in [2.75, 3.05) is 0 Å². The van der Waals surface area contributed by atoms with Crippen LogP contribution in [0.1, 0.15) is 18.2 Å². The predicted molar refractivity (Wildman–Crippen MR) is 75.6 cm³/mol. The van der Waals surface area contributed by atoms with Gasteiger partial charge in [0.1, 0.15) is 11.5 Å². The number of furan rings is 1. The molecule has 0 atom stereocenters. The number of amides is 1. The number of hydrazone groups is 1. The first-order chi connectivity index (χ1) is 10.3. The van der Waals surface area contributed by atoms with Gasteiger partial charge in [0.2, 0.25) is 5.91 Å². The van der Waals surface area contributed by atoms with Crippen molar-refractivity contribution in [3.8, 4) is 11.3 Å². The number of nitrogens with zero attached hydrogens (tertiary/aromatic N) is 1. The van der Waals surface area contributed by atoms with Crippen LogP contribution >= 0.6 is 11.6 Å². The molecule has 0 spiro atoms. The van der Waals surface area contributed by atoms with Gasteiger partial charge in [-0.25, -0.2) is 5.43 Å². The fraction of sp³-hybridized carbons (Fsp3) is 0.143. The molecule has 116 valence electrons. The van der Waals surface area contributed by atoms with Crippen molar-refractivity contribution in [1.29, 1.82) is 0 Å². The summed E-state index contributed by atoms with van der Waals surface area (Å²) in [6, 6.07) is 6.51. The fourth-order valence-electron chi connectivity index (χ4n) is 1.66. The Labute approximate surface area is 128 Å². The van der Waals surface area contributed by atoms with E-state index >= 15 is 0 Å². The summed E-state index contributed by atoms with van der Waals surface area (Å²) in [7, 11) is 0.